The number of carbonyl (C=O) groups is 1. The summed E-state index contributed by atoms with van der Waals surface area (Å²) in [5.41, 5.74) is 4.64. The van der Waals surface area contributed by atoms with Gasteiger partial charge in [-0.3, -0.25) is 4.79 Å². The summed E-state index contributed by atoms with van der Waals surface area (Å²) < 4.78 is 4.62. The fraction of sp³-hybridized carbons (Fsp3) is 0.375. The number of carbonyl (C=O) groups excluding carboxylic acids is 1. The van der Waals surface area contributed by atoms with Crippen molar-refractivity contribution in [2.45, 2.75) is 45.1 Å². The van der Waals surface area contributed by atoms with E-state index < -0.39 is 0 Å². The molecule has 1 N–H and O–H groups in total. The summed E-state index contributed by atoms with van der Waals surface area (Å²) in [6.07, 6.45) is 5.94. The van der Waals surface area contributed by atoms with Crippen LogP contribution in [0.2, 0.25) is 0 Å². The van der Waals surface area contributed by atoms with Gasteiger partial charge in [-0.25, -0.2) is 0 Å². The Balaban J connectivity index is -0.0000000136. The van der Waals surface area contributed by atoms with Crippen molar-refractivity contribution in [1.82, 2.24) is 0 Å². The molecular formula is C24H30O3S20-40. The smallest absolute Gasteiger partial charge is 0.309 e. The van der Waals surface area contributed by atoms with E-state index in [1.165, 1.54) is 18.2 Å². The van der Waals surface area contributed by atoms with Crippen LogP contribution < -0.4 is 0 Å². The average Bonchev–Trinajstić information content (AvgIpc) is 3.31. The molecule has 47 heavy (non-hydrogen) atoms. The largest absolute Gasteiger partial charge is 2.00 e. The maximum Gasteiger partial charge on any atom is 0.309 e. The van der Waals surface area contributed by atoms with E-state index in [1.807, 2.05) is 30.3 Å². The zero-order valence-corrected chi connectivity index (χ0v) is 39.8. The van der Waals surface area contributed by atoms with E-state index in [1.54, 1.807) is 0 Å². The van der Waals surface area contributed by atoms with E-state index in [4.69, 9.17) is 0 Å². The predicted octanol–water partition coefficient (Wildman–Crippen LogP) is 4.25. The van der Waals surface area contributed by atoms with Gasteiger partial charge in [0.25, 0.3) is 0 Å². The van der Waals surface area contributed by atoms with Crippen molar-refractivity contribution in [2.75, 3.05) is 7.11 Å². The number of benzene rings is 2. The second-order valence-electron chi connectivity index (χ2n) is 7.17. The van der Waals surface area contributed by atoms with Crippen LogP contribution in [0.25, 0.3) is 0 Å². The number of hydrogen-bond donors (Lipinski definition) is 1. The van der Waals surface area contributed by atoms with Gasteiger partial charge < -0.3 is 280 Å². The highest BCUT2D eigenvalue weighted by Crippen LogP contribution is 2.51. The Bertz CT molecular complexity index is 842. The lowest BCUT2D eigenvalue weighted by Gasteiger charge is -2.19. The number of rotatable bonds is 4. The Labute approximate surface area is 426 Å². The third kappa shape index (κ3) is 41.6. The summed E-state index contributed by atoms with van der Waals surface area (Å²) in [6.45, 7) is 3.68. The third-order valence-electron chi connectivity index (χ3n) is 5.33. The average molecular weight is 1010 g/mol. The number of aliphatic hydroxyl groups is 1. The van der Waals surface area contributed by atoms with Gasteiger partial charge in [0.05, 0.1) is 19.1 Å². The van der Waals surface area contributed by atoms with Gasteiger partial charge in [-0.1, -0.05) is 62.0 Å². The molecule has 304 valence electrons. The number of fused-ring (bicyclic) bond motifs is 2. The molecule has 0 bridgehead atoms. The monoisotopic (exact) mass is 1010 g/mol. The van der Waals surface area contributed by atoms with Crippen molar-refractivity contribution in [3.63, 3.8) is 0 Å². The standard InChI is InChI=1S/C12H14O2.C11H12O.CH4.20S/c1-3-6-10-7-4-5-8-11(10)9-12(13)14-2;12-11-6-9-4-2-1-3-8(9)5-10(11)7-11;;;;;;;;;;;;;;;;;;;;;/h3-5,7-8H,1,6,9H2,2H3;1-4,10,12H,5-7H2;1H4;;;;;;;;;;;;;;;;;;;;/q;;;20*-2. The third-order valence-corrected chi connectivity index (χ3v) is 5.33. The maximum atomic E-state index is 11.1. The Morgan fingerprint density at radius 3 is 1.45 bits per heavy atom. The van der Waals surface area contributed by atoms with Gasteiger partial charge in [-0.15, -0.1) is 6.58 Å². The fourth-order valence-electron chi connectivity index (χ4n) is 3.68. The molecular weight excluding hydrogens is 978 g/mol. The van der Waals surface area contributed by atoms with Crippen molar-refractivity contribution in [3.05, 3.63) is 83.4 Å². The van der Waals surface area contributed by atoms with Crippen molar-refractivity contribution >= 4 is 276 Å². The minimum atomic E-state index is -0.311. The molecule has 0 amide bonds. The summed E-state index contributed by atoms with van der Waals surface area (Å²) in [7, 11) is 1.40. The molecule has 23 heteroatoms. The Morgan fingerprint density at radius 2 is 1.06 bits per heavy atom. The zero-order valence-electron chi connectivity index (χ0n) is 23.4. The molecule has 0 aliphatic heterocycles. The molecule has 2 aliphatic rings. The topological polar surface area (TPSA) is 46.5 Å². The molecule has 2 aromatic carbocycles. The number of hydrogen-bond acceptors (Lipinski definition) is 3. The van der Waals surface area contributed by atoms with Crippen molar-refractivity contribution < 1.29 is 14.6 Å². The molecule has 2 atom stereocenters. The molecule has 0 aromatic heterocycles. The van der Waals surface area contributed by atoms with Gasteiger partial charge in [0.15, 0.2) is 0 Å². The predicted molar refractivity (Wildman–Crippen MR) is 257 cm³/mol. The first-order valence-electron chi connectivity index (χ1n) is 9.09. The molecule has 0 spiro atoms. The number of methoxy groups -OCH3 is 1. The molecule has 2 aromatic rings. The second kappa shape index (κ2) is 65.5. The van der Waals surface area contributed by atoms with Crippen molar-refractivity contribution in [2.24, 2.45) is 5.92 Å². The fourth-order valence-corrected chi connectivity index (χ4v) is 3.68. The van der Waals surface area contributed by atoms with Crippen molar-refractivity contribution in [3.8, 4) is 0 Å². The first-order chi connectivity index (χ1) is 12.6. The van der Waals surface area contributed by atoms with Gasteiger partial charge in [-0.05, 0) is 47.4 Å². The second-order valence-corrected chi connectivity index (χ2v) is 7.17. The van der Waals surface area contributed by atoms with Crippen LogP contribution in [0, 0.1) is 5.92 Å². The molecule has 1 saturated carbocycles. The van der Waals surface area contributed by atoms with Crippen LogP contribution in [-0.2, 0) is 305 Å². The highest BCUT2D eigenvalue weighted by molar-refractivity contribution is 7.38. The lowest BCUT2D eigenvalue weighted by atomic mass is 9.90. The summed E-state index contributed by atoms with van der Waals surface area (Å²) in [6, 6.07) is 16.3. The van der Waals surface area contributed by atoms with E-state index in [2.05, 4.69) is 35.6 Å². The number of allylic oxidation sites excluding steroid dienone is 1. The van der Waals surface area contributed by atoms with Crippen LogP contribution in [-0.4, -0.2) is 23.8 Å². The number of esters is 1. The molecule has 2 unspecified atom stereocenters. The van der Waals surface area contributed by atoms with E-state index in [0.29, 0.717) is 12.3 Å². The Kier molecular flexibility index (Phi) is 173. The van der Waals surface area contributed by atoms with Crippen LogP contribution in [0.15, 0.2) is 61.2 Å². The summed E-state index contributed by atoms with van der Waals surface area (Å²) in [5.74, 6) is 0.355. The maximum absolute atomic E-state index is 11.1. The van der Waals surface area contributed by atoms with Gasteiger partial charge in [-0.2, -0.15) is 0 Å². The van der Waals surface area contributed by atoms with Gasteiger partial charge in [0.1, 0.15) is 0 Å². The van der Waals surface area contributed by atoms with Crippen LogP contribution in [0.1, 0.15) is 36.1 Å². The van der Waals surface area contributed by atoms with Gasteiger partial charge >= 0.3 is 5.97 Å². The SMILES string of the molecule is C.C=CCc1ccccc1CC(=O)OC.OC12Cc3ccccc3CC1C2.[S-2].[S-2].[S-2].[S-2].[S-2].[S-2].[S-2].[S-2].[S-2].[S-2].[S-2].[S-2].[S-2].[S-2].[S-2].[S-2].[S-2].[S-2].[S-2].[S-2]. The molecule has 3 nitrogen and oxygen atoms in total. The molecule has 2 aliphatic carbocycles. The van der Waals surface area contributed by atoms with Gasteiger partial charge in [0, 0.05) is 6.42 Å². The summed E-state index contributed by atoms with van der Waals surface area (Å²) in [4.78, 5) is 11.1. The molecule has 0 heterocycles. The molecule has 0 saturated heterocycles. The number of ether oxygens (including phenoxy) is 1. The van der Waals surface area contributed by atoms with Crippen LogP contribution in [0.5, 0.6) is 0 Å². The van der Waals surface area contributed by atoms with E-state index >= 15 is 0 Å². The minimum Gasteiger partial charge on any atom is -2.00 e. The first kappa shape index (κ1) is 124. The van der Waals surface area contributed by atoms with E-state index in [0.717, 1.165) is 36.8 Å². The molecule has 4 rings (SSSR count). The van der Waals surface area contributed by atoms with E-state index in [-0.39, 0.29) is 289 Å². The molecule has 0 radical (unpaired) electrons. The summed E-state index contributed by atoms with van der Waals surface area (Å²) >= 11 is 0. The van der Waals surface area contributed by atoms with Crippen LogP contribution >= 0.6 is 0 Å². The highest BCUT2D eigenvalue weighted by Gasteiger charge is 2.54. The van der Waals surface area contributed by atoms with Crippen LogP contribution in [0.3, 0.4) is 0 Å². The van der Waals surface area contributed by atoms with E-state index in [9.17, 15) is 9.90 Å². The van der Waals surface area contributed by atoms with Crippen molar-refractivity contribution in [1.29, 1.82) is 0 Å². The Morgan fingerprint density at radius 1 is 0.702 bits per heavy atom. The Hall–Kier alpha value is 4.61. The highest BCUT2D eigenvalue weighted by atomic mass is 32.1. The summed E-state index contributed by atoms with van der Waals surface area (Å²) in [5, 5.41) is 9.90. The zero-order chi connectivity index (χ0) is 18.6. The lowest BCUT2D eigenvalue weighted by molar-refractivity contribution is -0.139. The lowest BCUT2D eigenvalue weighted by Crippen LogP contribution is -2.21. The first-order valence-corrected chi connectivity index (χ1v) is 9.09. The quantitative estimate of drug-likeness (QED) is 0.369. The van der Waals surface area contributed by atoms with Crippen LogP contribution in [0.4, 0.5) is 0 Å². The van der Waals surface area contributed by atoms with Gasteiger partial charge in [0.2, 0.25) is 0 Å². The minimum absolute atomic E-state index is 0. The molecule has 1 fully saturated rings. The normalized spacial score (nSPS) is 12.3.